The Morgan fingerprint density at radius 2 is 1.63 bits per heavy atom. The third-order valence-electron chi connectivity index (χ3n) is 4.87. The maximum absolute atomic E-state index is 12.8. The van der Waals surface area contributed by atoms with Crippen LogP contribution in [0.1, 0.15) is 23.7 Å². The molecule has 3 aromatic rings. The van der Waals surface area contributed by atoms with E-state index >= 15 is 0 Å². The molecule has 0 bridgehead atoms. The van der Waals surface area contributed by atoms with Gasteiger partial charge >= 0.3 is 5.69 Å². The van der Waals surface area contributed by atoms with Crippen LogP contribution >= 0.6 is 0 Å². The highest BCUT2D eigenvalue weighted by atomic mass is 16.5. The summed E-state index contributed by atoms with van der Waals surface area (Å²) in [4.78, 5) is 25.2. The Labute approximate surface area is 157 Å². The lowest BCUT2D eigenvalue weighted by atomic mass is 10.2. The van der Waals surface area contributed by atoms with Gasteiger partial charge in [0.2, 0.25) is 0 Å². The molecule has 0 spiro atoms. The van der Waals surface area contributed by atoms with E-state index < -0.39 is 0 Å². The Hall–Kier alpha value is -2.80. The molecule has 144 valence electrons. The second-order valence-corrected chi connectivity index (χ2v) is 6.61. The summed E-state index contributed by atoms with van der Waals surface area (Å²) >= 11 is 0. The lowest BCUT2D eigenvalue weighted by Crippen LogP contribution is -2.37. The van der Waals surface area contributed by atoms with Crippen LogP contribution in [-0.4, -0.2) is 20.8 Å². The van der Waals surface area contributed by atoms with Crippen molar-refractivity contribution in [3.63, 3.8) is 0 Å². The minimum absolute atomic E-state index is 0.279. The first-order chi connectivity index (χ1) is 12.9. The highest BCUT2D eigenvalue weighted by Crippen LogP contribution is 2.25. The number of benzene rings is 1. The van der Waals surface area contributed by atoms with Gasteiger partial charge in [-0.1, -0.05) is 17.7 Å². The van der Waals surface area contributed by atoms with E-state index in [1.807, 2.05) is 42.7 Å². The van der Waals surface area contributed by atoms with Crippen molar-refractivity contribution in [3.8, 4) is 5.75 Å². The van der Waals surface area contributed by atoms with Gasteiger partial charge in [0.05, 0.1) is 17.8 Å². The number of nitrogens with zero attached hydrogens (tertiary/aromatic N) is 3. The monoisotopic (exact) mass is 371 g/mol. The fraction of sp³-hybridized carbons (Fsp3) is 0.400. The highest BCUT2D eigenvalue weighted by Gasteiger charge is 2.23. The number of ether oxygens (including phenoxy) is 2. The van der Waals surface area contributed by atoms with Crippen LogP contribution in [0, 0.1) is 6.92 Å². The van der Waals surface area contributed by atoms with Crippen molar-refractivity contribution in [2.45, 2.75) is 33.6 Å². The number of aromatic nitrogens is 3. The third-order valence-corrected chi connectivity index (χ3v) is 4.87. The van der Waals surface area contributed by atoms with Crippen molar-refractivity contribution >= 4 is 11.0 Å². The van der Waals surface area contributed by atoms with Crippen molar-refractivity contribution < 1.29 is 9.47 Å². The van der Waals surface area contributed by atoms with E-state index in [2.05, 4.69) is 0 Å². The molecule has 2 aromatic heterocycles. The van der Waals surface area contributed by atoms with Crippen molar-refractivity contribution in [1.82, 2.24) is 13.7 Å². The molecule has 0 atom stereocenters. The molecule has 7 heteroatoms. The molecule has 0 aliphatic heterocycles. The van der Waals surface area contributed by atoms with Gasteiger partial charge in [0.15, 0.2) is 0 Å². The average Bonchev–Trinajstić information content (AvgIpc) is 2.98. The zero-order valence-corrected chi connectivity index (χ0v) is 16.4. The van der Waals surface area contributed by atoms with Gasteiger partial charge in [-0.15, -0.1) is 0 Å². The molecular weight excluding hydrogens is 346 g/mol. The van der Waals surface area contributed by atoms with Crippen LogP contribution in [0.3, 0.4) is 0 Å². The Kier molecular flexibility index (Phi) is 5.23. The maximum atomic E-state index is 12.8. The summed E-state index contributed by atoms with van der Waals surface area (Å²) in [7, 11) is 4.77. The van der Waals surface area contributed by atoms with Crippen LogP contribution in [0.5, 0.6) is 5.75 Å². The molecule has 0 N–H and O–H groups in total. The van der Waals surface area contributed by atoms with Gasteiger partial charge in [0.25, 0.3) is 5.56 Å². The molecule has 0 fully saturated rings. The first-order valence-corrected chi connectivity index (χ1v) is 8.89. The van der Waals surface area contributed by atoms with Crippen LogP contribution in [0.4, 0.5) is 0 Å². The molecule has 0 unspecified atom stereocenters. The van der Waals surface area contributed by atoms with Gasteiger partial charge < -0.3 is 14.0 Å². The molecule has 7 nitrogen and oxygen atoms in total. The van der Waals surface area contributed by atoms with Gasteiger partial charge in [-0.05, 0) is 26.0 Å². The molecule has 0 saturated carbocycles. The standard InChI is InChI=1S/C20H25N3O4/c1-6-23-16(12-27-14-9-7-13(2)8-10-14)15(11-26-5)17-18(23)19(24)22(4)20(25)21(17)3/h7-10H,6,11-12H2,1-5H3. The van der Waals surface area contributed by atoms with Gasteiger partial charge in [-0.2, -0.15) is 0 Å². The summed E-state index contributed by atoms with van der Waals surface area (Å²) in [6, 6.07) is 7.80. The van der Waals surface area contributed by atoms with Crippen molar-refractivity contribution in [3.05, 3.63) is 61.9 Å². The largest absolute Gasteiger partial charge is 0.487 e. The van der Waals surface area contributed by atoms with Gasteiger partial charge in [-0.25, -0.2) is 4.79 Å². The van der Waals surface area contributed by atoms with Crippen LogP contribution in [0.25, 0.3) is 11.0 Å². The van der Waals surface area contributed by atoms with Crippen molar-refractivity contribution in [2.75, 3.05) is 7.11 Å². The van der Waals surface area contributed by atoms with E-state index in [1.54, 1.807) is 14.2 Å². The van der Waals surface area contributed by atoms with E-state index in [0.29, 0.717) is 17.6 Å². The number of hydrogen-bond acceptors (Lipinski definition) is 4. The number of rotatable bonds is 6. The second-order valence-electron chi connectivity index (χ2n) is 6.61. The number of hydrogen-bond donors (Lipinski definition) is 0. The minimum Gasteiger partial charge on any atom is -0.487 e. The van der Waals surface area contributed by atoms with Gasteiger partial charge in [0.1, 0.15) is 17.9 Å². The van der Waals surface area contributed by atoms with Crippen LogP contribution in [0.15, 0.2) is 33.9 Å². The molecule has 0 aliphatic rings. The summed E-state index contributed by atoms with van der Waals surface area (Å²) < 4.78 is 15.9. The van der Waals surface area contributed by atoms with Crippen LogP contribution in [0.2, 0.25) is 0 Å². The maximum Gasteiger partial charge on any atom is 0.331 e. The SMILES string of the molecule is CCn1c(COc2ccc(C)cc2)c(COC)c2c1c(=O)n(C)c(=O)n2C. The molecule has 1 aromatic carbocycles. The Morgan fingerprint density at radius 1 is 0.963 bits per heavy atom. The quantitative estimate of drug-likeness (QED) is 0.665. The highest BCUT2D eigenvalue weighted by molar-refractivity contribution is 5.81. The first-order valence-electron chi connectivity index (χ1n) is 8.89. The smallest absolute Gasteiger partial charge is 0.331 e. The summed E-state index contributed by atoms with van der Waals surface area (Å²) in [5, 5.41) is 0. The van der Waals surface area contributed by atoms with E-state index in [4.69, 9.17) is 9.47 Å². The zero-order chi connectivity index (χ0) is 19.7. The van der Waals surface area contributed by atoms with E-state index in [1.165, 1.54) is 11.6 Å². The van der Waals surface area contributed by atoms with E-state index in [-0.39, 0.29) is 24.5 Å². The fourth-order valence-electron chi connectivity index (χ4n) is 3.45. The topological polar surface area (TPSA) is 67.4 Å². The Bertz CT molecular complexity index is 1090. The van der Waals surface area contributed by atoms with Crippen molar-refractivity contribution in [2.24, 2.45) is 14.1 Å². The zero-order valence-electron chi connectivity index (χ0n) is 16.4. The predicted octanol–water partition coefficient (Wildman–Crippen LogP) is 2.09. The summed E-state index contributed by atoms with van der Waals surface area (Å²) in [5.41, 5.74) is 3.24. The van der Waals surface area contributed by atoms with Gasteiger partial charge in [0, 0.05) is 33.3 Å². The van der Waals surface area contributed by atoms with Crippen LogP contribution < -0.4 is 16.0 Å². The molecule has 2 heterocycles. The van der Waals surface area contributed by atoms with E-state index in [0.717, 1.165) is 27.1 Å². The summed E-state index contributed by atoms with van der Waals surface area (Å²) in [5.74, 6) is 0.749. The molecule has 0 amide bonds. The third kappa shape index (κ3) is 3.19. The number of aryl methyl sites for hydroxylation is 3. The first kappa shape index (κ1) is 19.0. The molecule has 0 aliphatic carbocycles. The van der Waals surface area contributed by atoms with Crippen LogP contribution in [-0.2, 0) is 38.6 Å². The molecule has 27 heavy (non-hydrogen) atoms. The second kappa shape index (κ2) is 7.44. The van der Waals surface area contributed by atoms with Crippen molar-refractivity contribution in [1.29, 1.82) is 0 Å². The average molecular weight is 371 g/mol. The fourth-order valence-corrected chi connectivity index (χ4v) is 3.45. The molecule has 3 rings (SSSR count). The number of methoxy groups -OCH3 is 1. The normalized spacial score (nSPS) is 11.3. The van der Waals surface area contributed by atoms with Gasteiger partial charge in [-0.3, -0.25) is 13.9 Å². The molecular formula is C20H25N3O4. The lowest BCUT2D eigenvalue weighted by molar-refractivity contribution is 0.182. The summed E-state index contributed by atoms with van der Waals surface area (Å²) in [6.45, 7) is 5.14. The molecule has 0 radical (unpaired) electrons. The molecule has 0 saturated heterocycles. The summed E-state index contributed by atoms with van der Waals surface area (Å²) in [6.07, 6.45) is 0. The predicted molar refractivity (Wildman–Crippen MR) is 104 cm³/mol. The number of fused-ring (bicyclic) bond motifs is 1. The Balaban J connectivity index is 2.21. The lowest BCUT2D eigenvalue weighted by Gasteiger charge is -2.12. The Morgan fingerprint density at radius 3 is 2.22 bits per heavy atom. The van der Waals surface area contributed by atoms with E-state index in [9.17, 15) is 9.59 Å². The minimum atomic E-state index is -0.357.